The molecule has 4 rings (SSSR count). The molecule has 0 unspecified atom stereocenters. The molecule has 3 aromatic carbocycles. The summed E-state index contributed by atoms with van der Waals surface area (Å²) in [5.41, 5.74) is 4.32. The minimum Gasteiger partial charge on any atom is -0.497 e. The highest BCUT2D eigenvalue weighted by Gasteiger charge is 2.16. The van der Waals surface area contributed by atoms with Crippen LogP contribution in [-0.2, 0) is 0 Å². The van der Waals surface area contributed by atoms with Gasteiger partial charge in [-0.15, -0.1) is 0 Å². The van der Waals surface area contributed by atoms with Crippen LogP contribution in [0.1, 0.15) is 0 Å². The van der Waals surface area contributed by atoms with Gasteiger partial charge in [-0.1, -0.05) is 47.5 Å². The first kappa shape index (κ1) is 19.4. The predicted molar refractivity (Wildman–Crippen MR) is 118 cm³/mol. The maximum Gasteiger partial charge on any atom is 0.119 e. The van der Waals surface area contributed by atoms with E-state index >= 15 is 0 Å². The molecule has 0 atom stereocenters. The molecule has 0 bridgehead atoms. The smallest absolute Gasteiger partial charge is 0.119 e. The van der Waals surface area contributed by atoms with Crippen molar-refractivity contribution in [2.75, 3.05) is 14.2 Å². The van der Waals surface area contributed by atoms with E-state index in [9.17, 15) is 0 Å². The minimum atomic E-state index is 0.516. The molecule has 0 aliphatic carbocycles. The van der Waals surface area contributed by atoms with E-state index in [-0.39, 0.29) is 0 Å². The molecular formula is C23H18Cl2N2O2. The van der Waals surface area contributed by atoms with Gasteiger partial charge in [-0.2, -0.15) is 5.10 Å². The molecule has 29 heavy (non-hydrogen) atoms. The van der Waals surface area contributed by atoms with Crippen LogP contribution in [0.2, 0.25) is 10.0 Å². The number of methoxy groups -OCH3 is 2. The van der Waals surface area contributed by atoms with Gasteiger partial charge in [-0.05, 0) is 48.5 Å². The molecule has 146 valence electrons. The van der Waals surface area contributed by atoms with E-state index in [1.165, 1.54) is 0 Å². The summed E-state index contributed by atoms with van der Waals surface area (Å²) in [6, 6.07) is 23.0. The molecule has 0 aliphatic rings. The van der Waals surface area contributed by atoms with E-state index in [2.05, 4.69) is 0 Å². The fourth-order valence-electron chi connectivity index (χ4n) is 3.13. The molecule has 0 radical (unpaired) electrons. The Hall–Kier alpha value is -2.95. The Morgan fingerprint density at radius 1 is 0.759 bits per heavy atom. The van der Waals surface area contributed by atoms with Crippen molar-refractivity contribution >= 4 is 23.2 Å². The van der Waals surface area contributed by atoms with Crippen LogP contribution in [0.25, 0.3) is 28.2 Å². The first-order valence-corrected chi connectivity index (χ1v) is 9.69. The second-order valence-electron chi connectivity index (χ2n) is 6.39. The summed E-state index contributed by atoms with van der Waals surface area (Å²) in [6.45, 7) is 0. The summed E-state index contributed by atoms with van der Waals surface area (Å²) >= 11 is 12.6. The van der Waals surface area contributed by atoms with Crippen LogP contribution in [-0.4, -0.2) is 24.0 Å². The van der Waals surface area contributed by atoms with Crippen molar-refractivity contribution in [3.05, 3.63) is 82.8 Å². The predicted octanol–water partition coefficient (Wildman–Crippen LogP) is 6.53. The van der Waals surface area contributed by atoms with Crippen molar-refractivity contribution in [1.29, 1.82) is 0 Å². The molecule has 0 fully saturated rings. The quantitative estimate of drug-likeness (QED) is 0.365. The molecular weight excluding hydrogens is 407 g/mol. The Balaban J connectivity index is 1.93. The van der Waals surface area contributed by atoms with Crippen molar-refractivity contribution in [3.63, 3.8) is 0 Å². The monoisotopic (exact) mass is 424 g/mol. The van der Waals surface area contributed by atoms with Crippen molar-refractivity contribution < 1.29 is 9.47 Å². The summed E-state index contributed by atoms with van der Waals surface area (Å²) in [7, 11) is 3.29. The Bertz CT molecular complexity index is 1170. The van der Waals surface area contributed by atoms with Gasteiger partial charge < -0.3 is 9.47 Å². The standard InChI is InChI=1S/C23H18Cl2N2O2/c1-28-18-7-3-5-15(11-18)21-14-23(16-6-4-8-19(12-16)29-2)27(26-21)22-10-9-17(24)13-20(22)25/h3-14H,1-2H3. The third kappa shape index (κ3) is 3.95. The lowest BCUT2D eigenvalue weighted by molar-refractivity contribution is 0.415. The molecule has 1 heterocycles. The lowest BCUT2D eigenvalue weighted by atomic mass is 10.1. The van der Waals surface area contributed by atoms with Gasteiger partial charge in [0.2, 0.25) is 0 Å². The van der Waals surface area contributed by atoms with E-state index < -0.39 is 0 Å². The summed E-state index contributed by atoms with van der Waals surface area (Å²) in [4.78, 5) is 0. The van der Waals surface area contributed by atoms with E-state index in [1.807, 2.05) is 65.3 Å². The second kappa shape index (κ2) is 8.19. The SMILES string of the molecule is COc1cccc(-c2cc(-c3cccc(OC)c3)n(-c3ccc(Cl)cc3Cl)n2)c1. The zero-order valence-corrected chi connectivity index (χ0v) is 17.4. The maximum absolute atomic E-state index is 6.50. The molecule has 6 heteroatoms. The largest absolute Gasteiger partial charge is 0.497 e. The highest BCUT2D eigenvalue weighted by molar-refractivity contribution is 6.35. The van der Waals surface area contributed by atoms with Gasteiger partial charge in [0.15, 0.2) is 0 Å². The fourth-order valence-corrected chi connectivity index (χ4v) is 3.62. The van der Waals surface area contributed by atoms with Crippen molar-refractivity contribution in [3.8, 4) is 39.7 Å². The first-order chi connectivity index (χ1) is 14.1. The van der Waals surface area contributed by atoms with Gasteiger partial charge in [0.05, 0.1) is 36.3 Å². The maximum atomic E-state index is 6.50. The second-order valence-corrected chi connectivity index (χ2v) is 7.23. The molecule has 0 spiro atoms. The van der Waals surface area contributed by atoms with E-state index in [0.717, 1.165) is 39.7 Å². The van der Waals surface area contributed by atoms with Crippen LogP contribution < -0.4 is 9.47 Å². The number of halogens is 2. The molecule has 4 nitrogen and oxygen atoms in total. The van der Waals surface area contributed by atoms with Gasteiger partial charge in [0, 0.05) is 16.1 Å². The first-order valence-electron chi connectivity index (χ1n) is 8.93. The number of nitrogens with zero attached hydrogens (tertiary/aromatic N) is 2. The number of aromatic nitrogens is 2. The van der Waals surface area contributed by atoms with Crippen molar-refractivity contribution in [2.45, 2.75) is 0 Å². The van der Waals surface area contributed by atoms with Gasteiger partial charge in [0.25, 0.3) is 0 Å². The number of rotatable bonds is 5. The number of hydrogen-bond donors (Lipinski definition) is 0. The highest BCUT2D eigenvalue weighted by atomic mass is 35.5. The Kier molecular flexibility index (Phi) is 5.47. The van der Waals surface area contributed by atoms with Gasteiger partial charge in [-0.25, -0.2) is 4.68 Å². The number of benzene rings is 3. The lowest BCUT2D eigenvalue weighted by Gasteiger charge is -2.10. The molecule has 0 N–H and O–H groups in total. The van der Waals surface area contributed by atoms with E-state index in [1.54, 1.807) is 26.4 Å². The van der Waals surface area contributed by atoms with Gasteiger partial charge in [-0.3, -0.25) is 0 Å². The fraction of sp³-hybridized carbons (Fsp3) is 0.0870. The average molecular weight is 425 g/mol. The third-order valence-corrected chi connectivity index (χ3v) is 5.12. The Morgan fingerprint density at radius 3 is 2.07 bits per heavy atom. The normalized spacial score (nSPS) is 10.8. The van der Waals surface area contributed by atoms with Gasteiger partial charge in [0.1, 0.15) is 11.5 Å². The zero-order valence-electron chi connectivity index (χ0n) is 15.9. The van der Waals surface area contributed by atoms with Crippen molar-refractivity contribution in [2.24, 2.45) is 0 Å². The van der Waals surface area contributed by atoms with Crippen molar-refractivity contribution in [1.82, 2.24) is 9.78 Å². The molecule has 4 aromatic rings. The molecule has 0 aliphatic heterocycles. The topological polar surface area (TPSA) is 36.3 Å². The molecule has 0 saturated carbocycles. The van der Waals surface area contributed by atoms with Crippen LogP contribution in [0.5, 0.6) is 11.5 Å². The van der Waals surface area contributed by atoms with E-state index in [4.69, 9.17) is 37.8 Å². The number of hydrogen-bond acceptors (Lipinski definition) is 3. The molecule has 0 saturated heterocycles. The minimum absolute atomic E-state index is 0.516. The van der Waals surface area contributed by atoms with Crippen LogP contribution >= 0.6 is 23.2 Å². The lowest BCUT2D eigenvalue weighted by Crippen LogP contribution is -2.00. The van der Waals surface area contributed by atoms with Crippen LogP contribution in [0.3, 0.4) is 0 Å². The molecule has 0 amide bonds. The summed E-state index contributed by atoms with van der Waals surface area (Å²) in [5, 5.41) is 5.93. The summed E-state index contributed by atoms with van der Waals surface area (Å²) < 4.78 is 12.6. The van der Waals surface area contributed by atoms with Gasteiger partial charge >= 0.3 is 0 Å². The summed E-state index contributed by atoms with van der Waals surface area (Å²) in [5.74, 6) is 1.53. The van der Waals surface area contributed by atoms with Crippen LogP contribution in [0, 0.1) is 0 Å². The molecule has 1 aromatic heterocycles. The van der Waals surface area contributed by atoms with Crippen LogP contribution in [0.15, 0.2) is 72.8 Å². The Labute approximate surface area is 179 Å². The average Bonchev–Trinajstić information content (AvgIpc) is 3.19. The van der Waals surface area contributed by atoms with E-state index in [0.29, 0.717) is 10.0 Å². The zero-order chi connectivity index (χ0) is 20.4. The summed E-state index contributed by atoms with van der Waals surface area (Å²) in [6.07, 6.45) is 0. The number of ether oxygens (including phenoxy) is 2. The third-order valence-electron chi connectivity index (χ3n) is 4.58. The highest BCUT2D eigenvalue weighted by Crippen LogP contribution is 2.34. The van der Waals surface area contributed by atoms with Crippen LogP contribution in [0.4, 0.5) is 0 Å². The Morgan fingerprint density at radius 2 is 1.41 bits per heavy atom.